The van der Waals surface area contributed by atoms with Gasteiger partial charge in [-0.2, -0.15) is 0 Å². The molecule has 0 saturated carbocycles. The standard InChI is InChI=1S/C16H24FNO/c1-15(2,3)18(16(4,5)6)14(19)11-12-7-9-13(17)10-8-12/h7-10H,11H2,1-6H3. The minimum atomic E-state index is -0.278. The van der Waals surface area contributed by atoms with E-state index in [2.05, 4.69) is 0 Å². The molecule has 1 aromatic rings. The average molecular weight is 265 g/mol. The molecular weight excluding hydrogens is 241 g/mol. The third-order valence-corrected chi connectivity index (χ3v) is 2.86. The molecule has 0 aliphatic carbocycles. The number of hydrogen-bond acceptors (Lipinski definition) is 1. The van der Waals surface area contributed by atoms with E-state index in [0.29, 0.717) is 6.42 Å². The third-order valence-electron chi connectivity index (χ3n) is 2.86. The first kappa shape index (κ1) is 15.7. The Labute approximate surface area is 115 Å². The first-order valence-electron chi connectivity index (χ1n) is 6.59. The highest BCUT2D eigenvalue weighted by molar-refractivity contribution is 5.80. The first-order valence-corrected chi connectivity index (χ1v) is 6.59. The largest absolute Gasteiger partial charge is 0.333 e. The van der Waals surface area contributed by atoms with Gasteiger partial charge in [0.2, 0.25) is 5.91 Å². The van der Waals surface area contributed by atoms with Crippen molar-refractivity contribution in [2.45, 2.75) is 59.0 Å². The summed E-state index contributed by atoms with van der Waals surface area (Å²) in [5.41, 5.74) is 0.356. The molecule has 0 spiro atoms. The molecule has 0 radical (unpaired) electrons. The van der Waals surface area contributed by atoms with Crippen LogP contribution in [0.3, 0.4) is 0 Å². The summed E-state index contributed by atoms with van der Waals surface area (Å²) in [6.07, 6.45) is 0.300. The van der Waals surface area contributed by atoms with E-state index >= 15 is 0 Å². The van der Waals surface area contributed by atoms with Crippen LogP contribution in [0.2, 0.25) is 0 Å². The van der Waals surface area contributed by atoms with E-state index in [-0.39, 0.29) is 22.8 Å². The summed E-state index contributed by atoms with van der Waals surface area (Å²) in [5.74, 6) is -0.216. The Morgan fingerprint density at radius 3 is 1.79 bits per heavy atom. The van der Waals surface area contributed by atoms with Crippen LogP contribution < -0.4 is 0 Å². The summed E-state index contributed by atoms with van der Waals surface area (Å²) in [6.45, 7) is 12.2. The lowest BCUT2D eigenvalue weighted by Crippen LogP contribution is -2.56. The maximum Gasteiger partial charge on any atom is 0.227 e. The van der Waals surface area contributed by atoms with Crippen LogP contribution in [0.4, 0.5) is 4.39 Å². The summed E-state index contributed by atoms with van der Waals surface area (Å²) in [5, 5.41) is 0. The smallest absolute Gasteiger partial charge is 0.227 e. The molecule has 2 nitrogen and oxygen atoms in total. The normalized spacial score (nSPS) is 12.4. The molecule has 0 unspecified atom stereocenters. The Hall–Kier alpha value is -1.38. The molecule has 1 rings (SSSR count). The van der Waals surface area contributed by atoms with E-state index in [1.165, 1.54) is 12.1 Å². The summed E-state index contributed by atoms with van der Waals surface area (Å²) in [6, 6.07) is 6.11. The van der Waals surface area contributed by atoms with Crippen LogP contribution in [-0.4, -0.2) is 21.9 Å². The Balaban J connectivity index is 2.93. The molecule has 0 aromatic heterocycles. The van der Waals surface area contributed by atoms with Crippen molar-refractivity contribution in [3.05, 3.63) is 35.6 Å². The van der Waals surface area contributed by atoms with Gasteiger partial charge in [-0.15, -0.1) is 0 Å². The zero-order valence-corrected chi connectivity index (χ0v) is 12.7. The molecule has 0 heterocycles. The molecule has 1 aromatic carbocycles. The molecule has 0 bridgehead atoms. The maximum absolute atomic E-state index is 12.9. The molecule has 106 valence electrons. The molecule has 19 heavy (non-hydrogen) atoms. The van der Waals surface area contributed by atoms with Gasteiger partial charge in [0.15, 0.2) is 0 Å². The number of benzene rings is 1. The summed E-state index contributed by atoms with van der Waals surface area (Å²) in [4.78, 5) is 14.4. The summed E-state index contributed by atoms with van der Waals surface area (Å²) in [7, 11) is 0. The van der Waals surface area contributed by atoms with Crippen LogP contribution >= 0.6 is 0 Å². The topological polar surface area (TPSA) is 20.3 Å². The van der Waals surface area contributed by atoms with Crippen molar-refractivity contribution in [3.8, 4) is 0 Å². The lowest BCUT2D eigenvalue weighted by molar-refractivity contribution is -0.141. The molecule has 0 saturated heterocycles. The molecular formula is C16H24FNO. The monoisotopic (exact) mass is 265 g/mol. The number of carbonyl (C=O) groups is 1. The molecule has 0 aliphatic rings. The number of carbonyl (C=O) groups excluding carboxylic acids is 1. The minimum absolute atomic E-state index is 0.0617. The van der Waals surface area contributed by atoms with Gasteiger partial charge < -0.3 is 4.90 Å². The molecule has 0 fully saturated rings. The van der Waals surface area contributed by atoms with Crippen molar-refractivity contribution < 1.29 is 9.18 Å². The Kier molecular flexibility index (Phi) is 4.39. The zero-order valence-electron chi connectivity index (χ0n) is 12.7. The quantitative estimate of drug-likeness (QED) is 0.796. The number of halogens is 1. The van der Waals surface area contributed by atoms with Gasteiger partial charge in [-0.05, 0) is 59.2 Å². The van der Waals surface area contributed by atoms with Crippen LogP contribution in [0, 0.1) is 5.82 Å². The SMILES string of the molecule is CC(C)(C)N(C(=O)Cc1ccc(F)cc1)C(C)(C)C. The predicted octanol–water partition coefficient (Wildman–Crippen LogP) is 3.79. The van der Waals surface area contributed by atoms with Crippen LogP contribution in [0.25, 0.3) is 0 Å². The van der Waals surface area contributed by atoms with E-state index in [9.17, 15) is 9.18 Å². The second-order valence-electron chi connectivity index (χ2n) is 6.87. The van der Waals surface area contributed by atoms with Crippen molar-refractivity contribution in [3.63, 3.8) is 0 Å². The van der Waals surface area contributed by atoms with Crippen molar-refractivity contribution in [2.75, 3.05) is 0 Å². The number of nitrogens with zero attached hydrogens (tertiary/aromatic N) is 1. The van der Waals surface area contributed by atoms with Gasteiger partial charge >= 0.3 is 0 Å². The Bertz CT molecular complexity index is 423. The number of amides is 1. The van der Waals surface area contributed by atoms with Crippen molar-refractivity contribution in [1.82, 2.24) is 4.90 Å². The molecule has 0 aliphatic heterocycles. The molecule has 0 N–H and O–H groups in total. The highest BCUT2D eigenvalue weighted by atomic mass is 19.1. The Morgan fingerprint density at radius 1 is 1.00 bits per heavy atom. The average Bonchev–Trinajstić information content (AvgIpc) is 2.16. The fraction of sp³-hybridized carbons (Fsp3) is 0.562. The maximum atomic E-state index is 12.9. The van der Waals surface area contributed by atoms with Gasteiger partial charge in [0, 0.05) is 11.1 Å². The lowest BCUT2D eigenvalue weighted by Gasteiger charge is -2.45. The predicted molar refractivity (Wildman–Crippen MR) is 76.5 cm³/mol. The van der Waals surface area contributed by atoms with Gasteiger partial charge in [-0.1, -0.05) is 12.1 Å². The van der Waals surface area contributed by atoms with Crippen LogP contribution in [0.1, 0.15) is 47.1 Å². The number of hydrogen-bond donors (Lipinski definition) is 0. The summed E-state index contributed by atoms with van der Waals surface area (Å²) >= 11 is 0. The Morgan fingerprint density at radius 2 is 1.42 bits per heavy atom. The van der Waals surface area contributed by atoms with Crippen molar-refractivity contribution >= 4 is 5.91 Å². The van der Waals surface area contributed by atoms with Gasteiger partial charge in [0.1, 0.15) is 5.82 Å². The van der Waals surface area contributed by atoms with Gasteiger partial charge in [-0.25, -0.2) is 4.39 Å². The molecule has 0 atom stereocenters. The molecule has 1 amide bonds. The lowest BCUT2D eigenvalue weighted by atomic mass is 9.94. The first-order chi connectivity index (χ1) is 8.51. The second-order valence-corrected chi connectivity index (χ2v) is 6.87. The second kappa shape index (κ2) is 5.32. The minimum Gasteiger partial charge on any atom is -0.333 e. The zero-order chi connectivity index (χ0) is 14.8. The van der Waals surface area contributed by atoms with Crippen LogP contribution in [0.15, 0.2) is 24.3 Å². The van der Waals surface area contributed by atoms with Gasteiger partial charge in [0.05, 0.1) is 6.42 Å². The van der Waals surface area contributed by atoms with Gasteiger partial charge in [-0.3, -0.25) is 4.79 Å². The molecule has 3 heteroatoms. The van der Waals surface area contributed by atoms with Crippen LogP contribution in [-0.2, 0) is 11.2 Å². The van der Waals surface area contributed by atoms with E-state index in [0.717, 1.165) is 5.56 Å². The van der Waals surface area contributed by atoms with Crippen molar-refractivity contribution in [1.29, 1.82) is 0 Å². The summed E-state index contributed by atoms with van der Waals surface area (Å²) < 4.78 is 12.9. The van der Waals surface area contributed by atoms with E-state index < -0.39 is 0 Å². The van der Waals surface area contributed by atoms with E-state index in [1.54, 1.807) is 12.1 Å². The third kappa shape index (κ3) is 4.34. The van der Waals surface area contributed by atoms with Crippen LogP contribution in [0.5, 0.6) is 0 Å². The van der Waals surface area contributed by atoms with Gasteiger partial charge in [0.25, 0.3) is 0 Å². The highest BCUT2D eigenvalue weighted by Gasteiger charge is 2.35. The van der Waals surface area contributed by atoms with Crippen molar-refractivity contribution in [2.24, 2.45) is 0 Å². The fourth-order valence-electron chi connectivity index (χ4n) is 2.61. The van der Waals surface area contributed by atoms with E-state index in [1.807, 2.05) is 46.4 Å². The highest BCUT2D eigenvalue weighted by Crippen LogP contribution is 2.25. The fourth-order valence-corrected chi connectivity index (χ4v) is 2.61. The number of rotatable bonds is 2. The van der Waals surface area contributed by atoms with E-state index in [4.69, 9.17) is 0 Å².